The number of thiazole rings is 1. The van der Waals surface area contributed by atoms with Crippen LogP contribution in [0, 0.1) is 18.3 Å². The van der Waals surface area contributed by atoms with Crippen molar-refractivity contribution in [3.8, 4) is 6.07 Å². The lowest BCUT2D eigenvalue weighted by atomic mass is 9.97. The number of aryl methyl sites for hydroxylation is 2. The van der Waals surface area contributed by atoms with Crippen molar-refractivity contribution in [2.45, 2.75) is 32.2 Å². The highest BCUT2D eigenvalue weighted by atomic mass is 32.1. The summed E-state index contributed by atoms with van der Waals surface area (Å²) >= 11 is 1.79. The highest BCUT2D eigenvalue weighted by molar-refractivity contribution is 7.11. The van der Waals surface area contributed by atoms with Gasteiger partial charge in [0, 0.05) is 7.05 Å². The molecule has 0 spiro atoms. The first kappa shape index (κ1) is 13.1. The van der Waals surface area contributed by atoms with E-state index in [0.29, 0.717) is 11.7 Å². The minimum atomic E-state index is 0.325. The molecule has 0 saturated heterocycles. The van der Waals surface area contributed by atoms with Gasteiger partial charge in [0.25, 0.3) is 0 Å². The number of anilines is 1. The molecule has 0 radical (unpaired) electrons. The van der Waals surface area contributed by atoms with Gasteiger partial charge in [-0.2, -0.15) is 5.26 Å². The van der Waals surface area contributed by atoms with Crippen molar-refractivity contribution >= 4 is 17.2 Å². The quantitative estimate of drug-likeness (QED) is 0.849. The standard InChI is InChI=1S/C15H16N4S/c1-10-17-12-6-4-7-13(15(12)20-10)19(2)14-8-3-5-11(9-16)18-14/h3,5,8,13H,4,6-7H2,1-2H3. The van der Waals surface area contributed by atoms with Crippen LogP contribution in [0.2, 0.25) is 0 Å². The van der Waals surface area contributed by atoms with Crippen LogP contribution in [0.15, 0.2) is 18.2 Å². The summed E-state index contributed by atoms with van der Waals surface area (Å²) in [5.41, 5.74) is 1.71. The van der Waals surface area contributed by atoms with Gasteiger partial charge >= 0.3 is 0 Å². The molecule has 0 saturated carbocycles. The number of nitriles is 1. The van der Waals surface area contributed by atoms with E-state index in [2.05, 4.69) is 34.9 Å². The number of aromatic nitrogens is 2. The molecule has 4 nitrogen and oxygen atoms in total. The average molecular weight is 284 g/mol. The summed E-state index contributed by atoms with van der Waals surface area (Å²) in [6.45, 7) is 2.06. The zero-order valence-electron chi connectivity index (χ0n) is 11.6. The summed E-state index contributed by atoms with van der Waals surface area (Å²) in [5, 5.41) is 10.1. The van der Waals surface area contributed by atoms with Gasteiger partial charge in [-0.3, -0.25) is 0 Å². The van der Waals surface area contributed by atoms with E-state index < -0.39 is 0 Å². The first-order valence-electron chi connectivity index (χ1n) is 6.75. The summed E-state index contributed by atoms with van der Waals surface area (Å²) < 4.78 is 0. The van der Waals surface area contributed by atoms with E-state index in [-0.39, 0.29) is 0 Å². The van der Waals surface area contributed by atoms with E-state index in [1.54, 1.807) is 17.4 Å². The van der Waals surface area contributed by atoms with Crippen molar-refractivity contribution in [2.24, 2.45) is 0 Å². The van der Waals surface area contributed by atoms with Gasteiger partial charge in [-0.1, -0.05) is 6.07 Å². The fourth-order valence-electron chi connectivity index (χ4n) is 2.73. The maximum absolute atomic E-state index is 8.98. The van der Waals surface area contributed by atoms with Gasteiger partial charge < -0.3 is 4.90 Å². The van der Waals surface area contributed by atoms with E-state index in [4.69, 9.17) is 5.26 Å². The Bertz CT molecular complexity index is 671. The van der Waals surface area contributed by atoms with E-state index >= 15 is 0 Å². The van der Waals surface area contributed by atoms with Crippen molar-refractivity contribution < 1.29 is 0 Å². The molecule has 3 rings (SSSR count). The van der Waals surface area contributed by atoms with Gasteiger partial charge in [0.2, 0.25) is 0 Å². The van der Waals surface area contributed by atoms with Crippen LogP contribution in [-0.2, 0) is 6.42 Å². The second kappa shape index (κ2) is 5.22. The smallest absolute Gasteiger partial charge is 0.142 e. The highest BCUT2D eigenvalue weighted by Crippen LogP contribution is 2.38. The SMILES string of the molecule is Cc1nc2c(s1)C(N(C)c1cccc(C#N)n1)CCC2. The van der Waals surface area contributed by atoms with Crippen LogP contribution < -0.4 is 4.90 Å². The van der Waals surface area contributed by atoms with Crippen molar-refractivity contribution in [3.05, 3.63) is 39.5 Å². The molecule has 0 aromatic carbocycles. The molecule has 0 N–H and O–H groups in total. The summed E-state index contributed by atoms with van der Waals surface area (Å²) in [5.74, 6) is 0.855. The molecule has 1 aliphatic rings. The fraction of sp³-hybridized carbons (Fsp3) is 0.400. The molecule has 20 heavy (non-hydrogen) atoms. The third-order valence-corrected chi connectivity index (χ3v) is 4.82. The van der Waals surface area contributed by atoms with Crippen LogP contribution >= 0.6 is 11.3 Å². The van der Waals surface area contributed by atoms with E-state index in [1.165, 1.54) is 10.6 Å². The van der Waals surface area contributed by atoms with Gasteiger partial charge in [0.1, 0.15) is 17.6 Å². The Kier molecular flexibility index (Phi) is 3.41. The van der Waals surface area contributed by atoms with Gasteiger partial charge in [0.05, 0.1) is 21.6 Å². The van der Waals surface area contributed by atoms with Crippen LogP contribution in [0.25, 0.3) is 0 Å². The second-order valence-electron chi connectivity index (χ2n) is 5.06. The summed E-state index contributed by atoms with van der Waals surface area (Å²) in [7, 11) is 2.05. The number of hydrogen-bond donors (Lipinski definition) is 0. The molecule has 0 amide bonds. The second-order valence-corrected chi connectivity index (χ2v) is 6.29. The minimum Gasteiger partial charge on any atom is -0.352 e. The third kappa shape index (κ3) is 2.27. The molecule has 1 atom stereocenters. The van der Waals surface area contributed by atoms with Crippen LogP contribution in [0.3, 0.4) is 0 Å². The van der Waals surface area contributed by atoms with Crippen molar-refractivity contribution in [2.75, 3.05) is 11.9 Å². The van der Waals surface area contributed by atoms with Gasteiger partial charge in [-0.25, -0.2) is 9.97 Å². The molecule has 0 aliphatic heterocycles. The molecule has 1 aliphatic carbocycles. The number of nitrogens with zero attached hydrogens (tertiary/aromatic N) is 4. The Balaban J connectivity index is 1.95. The molecule has 1 unspecified atom stereocenters. The van der Waals surface area contributed by atoms with Crippen molar-refractivity contribution in [1.29, 1.82) is 5.26 Å². The lowest BCUT2D eigenvalue weighted by molar-refractivity contribution is 0.545. The Labute approximate surface area is 122 Å². The Hall–Kier alpha value is -1.93. The lowest BCUT2D eigenvalue weighted by Crippen LogP contribution is -2.27. The third-order valence-electron chi connectivity index (χ3n) is 3.71. The first-order valence-corrected chi connectivity index (χ1v) is 7.57. The topological polar surface area (TPSA) is 52.8 Å². The Morgan fingerprint density at radius 1 is 1.40 bits per heavy atom. The predicted molar refractivity (Wildman–Crippen MR) is 79.9 cm³/mol. The van der Waals surface area contributed by atoms with Gasteiger partial charge in [-0.05, 0) is 38.3 Å². The van der Waals surface area contributed by atoms with Crippen molar-refractivity contribution in [3.63, 3.8) is 0 Å². The largest absolute Gasteiger partial charge is 0.352 e. The summed E-state index contributed by atoms with van der Waals surface area (Å²) in [4.78, 5) is 12.6. The van der Waals surface area contributed by atoms with Crippen LogP contribution in [0.1, 0.15) is 40.2 Å². The molecule has 102 valence electrons. The number of pyridine rings is 1. The molecule has 0 bridgehead atoms. The van der Waals surface area contributed by atoms with E-state index in [0.717, 1.165) is 30.1 Å². The number of hydrogen-bond acceptors (Lipinski definition) is 5. The molecule has 2 aromatic heterocycles. The summed E-state index contributed by atoms with van der Waals surface area (Å²) in [6, 6.07) is 8.01. The molecule has 2 heterocycles. The number of fused-ring (bicyclic) bond motifs is 1. The Morgan fingerprint density at radius 2 is 2.25 bits per heavy atom. The molecule has 2 aromatic rings. The predicted octanol–water partition coefficient (Wildman–Crippen LogP) is 3.23. The zero-order valence-corrected chi connectivity index (χ0v) is 12.4. The first-order chi connectivity index (χ1) is 9.69. The monoisotopic (exact) mass is 284 g/mol. The average Bonchev–Trinajstić information content (AvgIpc) is 2.86. The summed E-state index contributed by atoms with van der Waals surface area (Å²) in [6.07, 6.45) is 3.35. The molecular formula is C15H16N4S. The normalized spacial score (nSPS) is 17.4. The lowest BCUT2D eigenvalue weighted by Gasteiger charge is -2.31. The van der Waals surface area contributed by atoms with Crippen LogP contribution in [0.5, 0.6) is 0 Å². The zero-order chi connectivity index (χ0) is 14.1. The van der Waals surface area contributed by atoms with Crippen LogP contribution in [-0.4, -0.2) is 17.0 Å². The van der Waals surface area contributed by atoms with Crippen molar-refractivity contribution in [1.82, 2.24) is 9.97 Å². The van der Waals surface area contributed by atoms with Gasteiger partial charge in [0.15, 0.2) is 0 Å². The minimum absolute atomic E-state index is 0.325. The molecular weight excluding hydrogens is 268 g/mol. The molecule has 5 heteroatoms. The highest BCUT2D eigenvalue weighted by Gasteiger charge is 2.27. The van der Waals surface area contributed by atoms with Crippen LogP contribution in [0.4, 0.5) is 5.82 Å². The fourth-order valence-corrected chi connectivity index (χ4v) is 3.88. The van der Waals surface area contributed by atoms with E-state index in [1.807, 2.05) is 12.1 Å². The van der Waals surface area contributed by atoms with E-state index in [9.17, 15) is 0 Å². The maximum atomic E-state index is 8.98. The number of rotatable bonds is 2. The maximum Gasteiger partial charge on any atom is 0.142 e. The Morgan fingerprint density at radius 3 is 3.05 bits per heavy atom. The molecule has 0 fully saturated rings. The van der Waals surface area contributed by atoms with Gasteiger partial charge in [-0.15, -0.1) is 11.3 Å².